The van der Waals surface area contributed by atoms with Gasteiger partial charge in [-0.15, -0.1) is 0 Å². The first kappa shape index (κ1) is 39.5. The monoisotopic (exact) mass is 542 g/mol. The Labute approximate surface area is 239 Å². The molecule has 0 aromatic rings. The highest BCUT2D eigenvalue weighted by Gasteiger charge is 2.44. The summed E-state index contributed by atoms with van der Waals surface area (Å²) in [5.41, 5.74) is -1.27. The van der Waals surface area contributed by atoms with Crippen molar-refractivity contribution in [2.24, 2.45) is 10.8 Å². The van der Waals surface area contributed by atoms with Crippen molar-refractivity contribution in [3.05, 3.63) is 0 Å². The lowest BCUT2D eigenvalue weighted by Crippen LogP contribution is -2.51. The first-order valence-electron chi connectivity index (χ1n) is 16.7. The van der Waals surface area contributed by atoms with Crippen LogP contribution in [0.15, 0.2) is 0 Å². The molecule has 230 valence electrons. The van der Waals surface area contributed by atoms with Gasteiger partial charge in [-0.3, -0.25) is 0 Å². The van der Waals surface area contributed by atoms with E-state index in [4.69, 9.17) is 0 Å². The quantitative estimate of drug-likeness (QED) is 0.0921. The van der Waals surface area contributed by atoms with Gasteiger partial charge in [-0.2, -0.15) is 0 Å². The highest BCUT2D eigenvalue weighted by Crippen LogP contribution is 2.49. The van der Waals surface area contributed by atoms with Crippen molar-refractivity contribution in [2.75, 3.05) is 6.61 Å². The number of aliphatic carboxylic acids is 1. The predicted octanol–water partition coefficient (Wildman–Crippen LogP) is 10.3. The van der Waals surface area contributed by atoms with Crippen LogP contribution in [0.4, 0.5) is 0 Å². The number of aliphatic hydroxyl groups is 1. The van der Waals surface area contributed by atoms with E-state index in [1.807, 2.05) is 6.92 Å². The first-order valence-corrected chi connectivity index (χ1v) is 16.7. The van der Waals surface area contributed by atoms with E-state index in [2.05, 4.69) is 20.8 Å². The number of hydrogen-bond acceptors (Lipinski definition) is 3. The van der Waals surface area contributed by atoms with E-state index in [9.17, 15) is 15.0 Å². The van der Waals surface area contributed by atoms with E-state index < -0.39 is 11.4 Å². The number of carbonyl (C=O) groups excluding carboxylic acids is 1. The number of hydrogen-bond donors (Lipinski definition) is 2. The van der Waals surface area contributed by atoms with Crippen LogP contribution in [0, 0.1) is 10.8 Å². The van der Waals surface area contributed by atoms with Crippen molar-refractivity contribution < 1.29 is 15.0 Å². The molecule has 0 amide bonds. The van der Waals surface area contributed by atoms with Crippen LogP contribution >= 0.6 is 0 Å². The second-order valence-corrected chi connectivity index (χ2v) is 12.6. The third-order valence-electron chi connectivity index (χ3n) is 9.31. The van der Waals surface area contributed by atoms with Gasteiger partial charge in [0, 0.05) is 18.0 Å². The van der Waals surface area contributed by atoms with Gasteiger partial charge in [0.05, 0.1) is 0 Å². The summed E-state index contributed by atoms with van der Waals surface area (Å²) in [6.07, 6.45) is 32.4. The van der Waals surface area contributed by atoms with Crippen molar-refractivity contribution in [1.29, 1.82) is 0 Å². The van der Waals surface area contributed by atoms with Crippen LogP contribution in [0.2, 0.25) is 0 Å². The van der Waals surface area contributed by atoms with Crippen LogP contribution in [-0.4, -0.2) is 17.7 Å². The third kappa shape index (κ3) is 18.6. The molecule has 0 heterocycles. The van der Waals surface area contributed by atoms with Gasteiger partial charge in [-0.1, -0.05) is 175 Å². The smallest absolute Gasteiger partial charge is 0.0479 e. The Kier molecular flexibility index (Phi) is 27.7. The largest absolute Gasteiger partial charge is 0.550 e. The summed E-state index contributed by atoms with van der Waals surface area (Å²) >= 11 is 0. The van der Waals surface area contributed by atoms with Crippen molar-refractivity contribution in [3.8, 4) is 0 Å². The van der Waals surface area contributed by atoms with Gasteiger partial charge in [0.15, 0.2) is 0 Å². The molecule has 0 spiro atoms. The molecule has 2 unspecified atom stereocenters. The molecule has 0 fully saturated rings. The average Bonchev–Trinajstić information content (AvgIpc) is 2.87. The maximum absolute atomic E-state index is 12.2. The molecule has 0 aromatic heterocycles. The summed E-state index contributed by atoms with van der Waals surface area (Å²) in [5.74, 6) is -0.983. The van der Waals surface area contributed by atoms with E-state index in [1.54, 1.807) is 0 Å². The minimum absolute atomic E-state index is 0. The molecular weight excluding hydrogens is 470 g/mol. The molecule has 0 aliphatic heterocycles. The summed E-state index contributed by atoms with van der Waals surface area (Å²) in [6.45, 7) is 8.42. The standard InChI is InChI=1S/C34H68O3.H3N/c1-5-7-9-11-13-14-15-16-17-18-19-20-21-23-25-27-29-33(3,34(4,30-31-35)32(36)37)28-26-24-22-12-10-8-6-2;/h35H,5-31H2,1-4H3,(H,36,37);1H3. The zero-order chi connectivity index (χ0) is 27.7. The van der Waals surface area contributed by atoms with Crippen molar-refractivity contribution in [1.82, 2.24) is 6.15 Å². The molecule has 4 nitrogen and oxygen atoms in total. The van der Waals surface area contributed by atoms with Crippen LogP contribution in [0.1, 0.15) is 195 Å². The van der Waals surface area contributed by atoms with Gasteiger partial charge in [-0.25, -0.2) is 0 Å². The van der Waals surface area contributed by atoms with Crippen molar-refractivity contribution in [3.63, 3.8) is 0 Å². The van der Waals surface area contributed by atoms with E-state index >= 15 is 0 Å². The molecule has 0 bridgehead atoms. The molecule has 0 aliphatic rings. The van der Waals surface area contributed by atoms with Gasteiger partial charge >= 0.3 is 0 Å². The zero-order valence-electron chi connectivity index (χ0n) is 26.9. The summed E-state index contributed by atoms with van der Waals surface area (Å²) < 4.78 is 0. The summed E-state index contributed by atoms with van der Waals surface area (Å²) in [5, 5.41) is 21.8. The lowest BCUT2D eigenvalue weighted by atomic mass is 9.59. The minimum atomic E-state index is -0.983. The summed E-state index contributed by atoms with van der Waals surface area (Å²) in [7, 11) is 0. The van der Waals surface area contributed by atoms with Gasteiger partial charge < -0.3 is 21.2 Å². The molecule has 0 saturated heterocycles. The fourth-order valence-corrected chi connectivity index (χ4v) is 6.09. The Morgan fingerprint density at radius 1 is 0.526 bits per heavy atom. The number of carboxylic acid groups (broad SMARTS) is 1. The number of quaternary nitrogens is 1. The van der Waals surface area contributed by atoms with Crippen LogP contribution in [-0.2, 0) is 4.79 Å². The van der Waals surface area contributed by atoms with E-state index in [1.165, 1.54) is 135 Å². The normalized spacial score (nSPS) is 14.6. The fourth-order valence-electron chi connectivity index (χ4n) is 6.09. The summed E-state index contributed by atoms with van der Waals surface area (Å²) in [4.78, 5) is 12.2. The van der Waals surface area contributed by atoms with Gasteiger partial charge in [-0.05, 0) is 24.7 Å². The number of carboxylic acids is 1. The minimum Gasteiger partial charge on any atom is -0.550 e. The molecule has 0 saturated carbocycles. The summed E-state index contributed by atoms with van der Waals surface area (Å²) in [6, 6.07) is 0. The zero-order valence-corrected chi connectivity index (χ0v) is 26.9. The van der Waals surface area contributed by atoms with E-state index in [0.29, 0.717) is 6.42 Å². The maximum atomic E-state index is 12.2. The van der Waals surface area contributed by atoms with Crippen molar-refractivity contribution >= 4 is 5.97 Å². The highest BCUT2D eigenvalue weighted by atomic mass is 16.4. The molecule has 0 radical (unpaired) electrons. The Balaban J connectivity index is 0. The Bertz CT molecular complexity index is 512. The molecule has 4 heteroatoms. The molecule has 38 heavy (non-hydrogen) atoms. The van der Waals surface area contributed by atoms with Crippen LogP contribution in [0.5, 0.6) is 0 Å². The first-order chi connectivity index (χ1) is 17.9. The molecule has 0 rings (SSSR count). The maximum Gasteiger partial charge on any atom is 0.0479 e. The number of carbonyl (C=O) groups is 1. The molecular formula is C34H71NO3. The Hall–Kier alpha value is -0.610. The topological polar surface area (TPSA) is 96.9 Å². The Morgan fingerprint density at radius 2 is 0.789 bits per heavy atom. The van der Waals surface area contributed by atoms with Crippen LogP contribution < -0.4 is 11.3 Å². The van der Waals surface area contributed by atoms with Gasteiger partial charge in [0.25, 0.3) is 0 Å². The molecule has 0 aromatic carbocycles. The average molecular weight is 542 g/mol. The number of aliphatic hydroxyl groups excluding tert-OH is 1. The fraction of sp³-hybridized carbons (Fsp3) is 0.971. The predicted molar refractivity (Wildman–Crippen MR) is 166 cm³/mol. The molecule has 0 aliphatic carbocycles. The lowest BCUT2D eigenvalue weighted by Gasteiger charge is -2.48. The SMILES string of the molecule is CCCCCCCCCCCCCCCCCCC(C)(CCCCCCCCC)C(C)(CCO)C(=O)[O-].[NH4+]. The molecule has 5 N–H and O–H groups in total. The highest BCUT2D eigenvalue weighted by molar-refractivity contribution is 5.73. The second-order valence-electron chi connectivity index (χ2n) is 12.6. The lowest BCUT2D eigenvalue weighted by molar-refractivity contribution is -0.325. The number of unbranched alkanes of at least 4 members (excludes halogenated alkanes) is 21. The van der Waals surface area contributed by atoms with Crippen molar-refractivity contribution in [2.45, 2.75) is 195 Å². The number of rotatable bonds is 29. The molecule has 2 atom stereocenters. The Morgan fingerprint density at radius 3 is 1.03 bits per heavy atom. The van der Waals surface area contributed by atoms with E-state index in [-0.39, 0.29) is 18.2 Å². The third-order valence-corrected chi connectivity index (χ3v) is 9.31. The second kappa shape index (κ2) is 26.6. The van der Waals surface area contributed by atoms with Crippen LogP contribution in [0.25, 0.3) is 0 Å². The van der Waals surface area contributed by atoms with E-state index in [0.717, 1.165) is 25.7 Å². The van der Waals surface area contributed by atoms with Gasteiger partial charge in [0.2, 0.25) is 0 Å². The van der Waals surface area contributed by atoms with Gasteiger partial charge in [0.1, 0.15) is 0 Å². The van der Waals surface area contributed by atoms with Crippen LogP contribution in [0.3, 0.4) is 0 Å².